The van der Waals surface area contributed by atoms with E-state index in [2.05, 4.69) is 4.90 Å². The molecule has 0 radical (unpaired) electrons. The molecule has 0 aromatic carbocycles. The molecule has 0 spiro atoms. The van der Waals surface area contributed by atoms with Crippen LogP contribution in [0.4, 0.5) is 0 Å². The number of hydrogen-bond acceptors (Lipinski definition) is 2. The molecule has 2 rings (SSSR count). The minimum atomic E-state index is 0.725. The van der Waals surface area contributed by atoms with Gasteiger partial charge in [0, 0.05) is 25.6 Å². The average Bonchev–Trinajstić information content (AvgIpc) is 2.85. The first-order valence-electron chi connectivity index (χ1n) is 5.08. The zero-order valence-electron chi connectivity index (χ0n) is 7.54. The molecule has 2 nitrogen and oxygen atoms in total. The van der Waals surface area contributed by atoms with Crippen molar-refractivity contribution in [2.24, 2.45) is 5.92 Å². The van der Waals surface area contributed by atoms with Crippen LogP contribution in [-0.4, -0.2) is 30.3 Å². The van der Waals surface area contributed by atoms with E-state index in [9.17, 15) is 4.79 Å². The summed E-state index contributed by atoms with van der Waals surface area (Å²) in [4.78, 5) is 12.7. The maximum Gasteiger partial charge on any atom is 0.121 e. The number of hydrogen-bond donors (Lipinski definition) is 0. The van der Waals surface area contributed by atoms with E-state index in [1.165, 1.54) is 32.2 Å². The van der Waals surface area contributed by atoms with Crippen LogP contribution >= 0.6 is 0 Å². The number of rotatable bonds is 6. The van der Waals surface area contributed by atoms with Gasteiger partial charge in [-0.2, -0.15) is 0 Å². The van der Waals surface area contributed by atoms with Gasteiger partial charge >= 0.3 is 0 Å². The molecule has 0 amide bonds. The van der Waals surface area contributed by atoms with E-state index in [1.54, 1.807) is 0 Å². The zero-order chi connectivity index (χ0) is 8.39. The fourth-order valence-electron chi connectivity index (χ4n) is 1.71. The molecule has 68 valence electrons. The number of carbonyl (C=O) groups is 1. The highest BCUT2D eigenvalue weighted by atomic mass is 16.1. The minimum absolute atomic E-state index is 0.725. The molecule has 2 fully saturated rings. The molecule has 0 N–H and O–H groups in total. The first kappa shape index (κ1) is 8.24. The second kappa shape index (κ2) is 3.56. The Bertz CT molecular complexity index is 161. The molecule has 0 atom stereocenters. The van der Waals surface area contributed by atoms with Gasteiger partial charge in [-0.05, 0) is 31.6 Å². The monoisotopic (exact) mass is 167 g/mol. The lowest BCUT2D eigenvalue weighted by atomic mass is 10.3. The Kier molecular flexibility index (Phi) is 2.45. The number of nitrogens with zero attached hydrogens (tertiary/aromatic N) is 1. The van der Waals surface area contributed by atoms with E-state index < -0.39 is 0 Å². The summed E-state index contributed by atoms with van der Waals surface area (Å²) in [5, 5.41) is 0. The molecule has 0 unspecified atom stereocenters. The van der Waals surface area contributed by atoms with Crippen molar-refractivity contribution in [1.82, 2.24) is 4.90 Å². The van der Waals surface area contributed by atoms with Crippen molar-refractivity contribution in [2.45, 2.75) is 38.1 Å². The Hall–Kier alpha value is -0.370. The van der Waals surface area contributed by atoms with Gasteiger partial charge in [0.1, 0.15) is 6.29 Å². The third-order valence-corrected chi connectivity index (χ3v) is 2.79. The zero-order valence-corrected chi connectivity index (χ0v) is 7.54. The van der Waals surface area contributed by atoms with Gasteiger partial charge in [-0.25, -0.2) is 0 Å². The molecule has 0 heterocycles. The maximum atomic E-state index is 10.2. The second-order valence-electron chi connectivity index (χ2n) is 4.12. The van der Waals surface area contributed by atoms with E-state index in [0.29, 0.717) is 0 Å². The summed E-state index contributed by atoms with van der Waals surface area (Å²) < 4.78 is 0. The Labute approximate surface area is 73.9 Å². The fourth-order valence-corrected chi connectivity index (χ4v) is 1.71. The molecule has 0 aliphatic heterocycles. The maximum absolute atomic E-state index is 10.2. The van der Waals surface area contributed by atoms with Gasteiger partial charge in [0.25, 0.3) is 0 Å². The van der Waals surface area contributed by atoms with Gasteiger partial charge in [-0.1, -0.05) is 0 Å². The van der Waals surface area contributed by atoms with E-state index >= 15 is 0 Å². The van der Waals surface area contributed by atoms with Crippen LogP contribution in [0.1, 0.15) is 32.1 Å². The fraction of sp³-hybridized carbons (Fsp3) is 0.900. The van der Waals surface area contributed by atoms with Crippen LogP contribution in [0.3, 0.4) is 0 Å². The Morgan fingerprint density at radius 3 is 2.50 bits per heavy atom. The molecule has 2 heteroatoms. The Morgan fingerprint density at radius 2 is 2.00 bits per heavy atom. The predicted octanol–water partition coefficient (Wildman–Crippen LogP) is 1.45. The van der Waals surface area contributed by atoms with Crippen molar-refractivity contribution in [2.75, 3.05) is 13.1 Å². The van der Waals surface area contributed by atoms with Crippen LogP contribution < -0.4 is 0 Å². The average molecular weight is 167 g/mol. The summed E-state index contributed by atoms with van der Waals surface area (Å²) in [7, 11) is 0. The molecule has 0 bridgehead atoms. The van der Waals surface area contributed by atoms with Crippen molar-refractivity contribution in [1.29, 1.82) is 0 Å². The summed E-state index contributed by atoms with van der Waals surface area (Å²) >= 11 is 0. The van der Waals surface area contributed by atoms with E-state index in [1.807, 2.05) is 0 Å². The predicted molar refractivity (Wildman–Crippen MR) is 48.0 cm³/mol. The van der Waals surface area contributed by atoms with E-state index in [4.69, 9.17) is 0 Å². The van der Waals surface area contributed by atoms with Crippen molar-refractivity contribution < 1.29 is 4.79 Å². The van der Waals surface area contributed by atoms with Gasteiger partial charge in [-0.15, -0.1) is 0 Å². The highest BCUT2D eigenvalue weighted by Crippen LogP contribution is 2.34. The third-order valence-electron chi connectivity index (χ3n) is 2.79. The minimum Gasteiger partial charge on any atom is -0.303 e. The van der Waals surface area contributed by atoms with Gasteiger partial charge < -0.3 is 4.79 Å². The highest BCUT2D eigenvalue weighted by Gasteiger charge is 2.32. The summed E-state index contributed by atoms with van der Waals surface area (Å²) in [5.41, 5.74) is 0. The molecule has 0 saturated heterocycles. The van der Waals surface area contributed by atoms with Crippen LogP contribution in [-0.2, 0) is 4.79 Å². The third kappa shape index (κ3) is 2.31. The largest absolute Gasteiger partial charge is 0.303 e. The topological polar surface area (TPSA) is 20.3 Å². The highest BCUT2D eigenvalue weighted by molar-refractivity contribution is 5.49. The van der Waals surface area contributed by atoms with E-state index in [-0.39, 0.29) is 0 Å². The first-order chi connectivity index (χ1) is 5.90. The number of carbonyl (C=O) groups excluding carboxylic acids is 1. The lowest BCUT2D eigenvalue weighted by Crippen LogP contribution is -2.29. The summed E-state index contributed by atoms with van der Waals surface area (Å²) in [6, 6.07) is 0.838. The molecular weight excluding hydrogens is 150 g/mol. The van der Waals surface area contributed by atoms with Gasteiger partial charge in [0.2, 0.25) is 0 Å². The smallest absolute Gasteiger partial charge is 0.121 e. The molecule has 0 aromatic rings. The van der Waals surface area contributed by atoms with Crippen molar-refractivity contribution >= 4 is 6.29 Å². The quantitative estimate of drug-likeness (QED) is 0.558. The normalized spacial score (nSPS) is 23.1. The van der Waals surface area contributed by atoms with Crippen molar-refractivity contribution in [3.05, 3.63) is 0 Å². The van der Waals surface area contributed by atoms with Crippen LogP contribution in [0.15, 0.2) is 0 Å². The Balaban J connectivity index is 1.71. The van der Waals surface area contributed by atoms with E-state index in [0.717, 1.165) is 31.2 Å². The molecular formula is C10H17NO. The lowest BCUT2D eigenvalue weighted by Gasteiger charge is -2.20. The van der Waals surface area contributed by atoms with Crippen LogP contribution in [0.5, 0.6) is 0 Å². The van der Waals surface area contributed by atoms with Crippen LogP contribution in [0, 0.1) is 5.92 Å². The number of aldehydes is 1. The van der Waals surface area contributed by atoms with Gasteiger partial charge in [0.15, 0.2) is 0 Å². The summed E-state index contributed by atoms with van der Waals surface area (Å²) in [6.07, 6.45) is 7.34. The van der Waals surface area contributed by atoms with Crippen LogP contribution in [0.25, 0.3) is 0 Å². The Morgan fingerprint density at radius 1 is 1.25 bits per heavy atom. The summed E-state index contributed by atoms with van der Waals surface area (Å²) in [5.74, 6) is 0.970. The summed E-state index contributed by atoms with van der Waals surface area (Å²) in [6.45, 7) is 2.27. The second-order valence-corrected chi connectivity index (χ2v) is 4.12. The molecule has 2 aliphatic rings. The molecule has 0 aromatic heterocycles. The van der Waals surface area contributed by atoms with Gasteiger partial charge in [0.05, 0.1) is 0 Å². The first-order valence-corrected chi connectivity index (χ1v) is 5.08. The molecule has 2 saturated carbocycles. The molecule has 12 heavy (non-hydrogen) atoms. The standard InChI is InChI=1S/C10H17NO/c12-7-1-6-11(10-4-5-10)8-9-2-3-9/h7,9-10H,1-6,8H2. The van der Waals surface area contributed by atoms with Gasteiger partial charge in [-0.3, -0.25) is 4.90 Å². The SMILES string of the molecule is O=CCCN(CC1CC1)C1CC1. The lowest BCUT2D eigenvalue weighted by molar-refractivity contribution is -0.108. The van der Waals surface area contributed by atoms with Crippen molar-refractivity contribution in [3.63, 3.8) is 0 Å². The van der Waals surface area contributed by atoms with Crippen LogP contribution in [0.2, 0.25) is 0 Å². The van der Waals surface area contributed by atoms with Crippen molar-refractivity contribution in [3.8, 4) is 0 Å². The molecule has 2 aliphatic carbocycles.